The van der Waals surface area contributed by atoms with Crippen molar-refractivity contribution in [2.45, 2.75) is 32.4 Å². The highest BCUT2D eigenvalue weighted by Gasteiger charge is 2.24. The largest absolute Gasteiger partial charge is 0.378 e. The smallest absolute Gasteiger partial charge is 0.255 e. The number of nitrogens with one attached hydrogen (secondary N) is 1. The van der Waals surface area contributed by atoms with Crippen molar-refractivity contribution >= 4 is 11.7 Å². The molecule has 1 saturated heterocycles. The summed E-state index contributed by atoms with van der Waals surface area (Å²) in [6, 6.07) is 3.78. The molecule has 0 radical (unpaired) electrons. The number of pyridine rings is 1. The van der Waals surface area contributed by atoms with Gasteiger partial charge in [-0.3, -0.25) is 4.79 Å². The number of hydrogen-bond acceptors (Lipinski definition) is 5. The van der Waals surface area contributed by atoms with E-state index in [1.54, 1.807) is 6.20 Å². The van der Waals surface area contributed by atoms with E-state index in [0.717, 1.165) is 49.8 Å². The van der Waals surface area contributed by atoms with Gasteiger partial charge in [0.05, 0.1) is 24.5 Å². The molecule has 1 N–H and O–H groups in total. The lowest BCUT2D eigenvalue weighted by Crippen LogP contribution is -2.42. The second kappa shape index (κ2) is 6.84. The van der Waals surface area contributed by atoms with Crippen molar-refractivity contribution in [1.82, 2.24) is 19.9 Å². The molecule has 1 fully saturated rings. The molecule has 0 saturated carbocycles. The standard InChI is InChI=1S/C18H23N5O2/c1-13-11-23-12-14(4-5-16(23)20-13)21-18(24)15-3-2-6-19-17(15)22-7-9-25-10-8-22/h2-3,6,11,14H,4-5,7-10,12H2,1H3,(H,21,24)/t14-/m1/s1. The lowest BCUT2D eigenvalue weighted by Gasteiger charge is -2.30. The van der Waals surface area contributed by atoms with Crippen molar-refractivity contribution in [1.29, 1.82) is 0 Å². The molecule has 2 aromatic heterocycles. The number of hydrogen-bond donors (Lipinski definition) is 1. The van der Waals surface area contributed by atoms with Gasteiger partial charge in [-0.05, 0) is 25.5 Å². The van der Waals surface area contributed by atoms with Crippen molar-refractivity contribution in [2.75, 3.05) is 31.2 Å². The topological polar surface area (TPSA) is 72.3 Å². The fourth-order valence-electron chi connectivity index (χ4n) is 3.57. The van der Waals surface area contributed by atoms with Gasteiger partial charge in [-0.25, -0.2) is 9.97 Å². The van der Waals surface area contributed by atoms with E-state index in [4.69, 9.17) is 4.74 Å². The highest BCUT2D eigenvalue weighted by molar-refractivity contribution is 5.99. The minimum Gasteiger partial charge on any atom is -0.378 e. The summed E-state index contributed by atoms with van der Waals surface area (Å²) in [7, 11) is 0. The van der Waals surface area contributed by atoms with Gasteiger partial charge in [0.15, 0.2) is 0 Å². The summed E-state index contributed by atoms with van der Waals surface area (Å²) in [6.07, 6.45) is 5.59. The molecule has 2 aliphatic rings. The fraction of sp³-hybridized carbons (Fsp3) is 0.500. The average molecular weight is 341 g/mol. The van der Waals surface area contributed by atoms with Crippen molar-refractivity contribution in [3.8, 4) is 0 Å². The number of morpholine rings is 1. The van der Waals surface area contributed by atoms with Gasteiger partial charge in [-0.15, -0.1) is 0 Å². The Labute approximate surface area is 147 Å². The first-order chi connectivity index (χ1) is 12.2. The van der Waals surface area contributed by atoms with Gasteiger partial charge in [0, 0.05) is 44.5 Å². The van der Waals surface area contributed by atoms with Crippen LogP contribution < -0.4 is 10.2 Å². The number of carbonyl (C=O) groups is 1. The molecule has 7 heteroatoms. The molecule has 0 spiro atoms. The highest BCUT2D eigenvalue weighted by atomic mass is 16.5. The maximum Gasteiger partial charge on any atom is 0.255 e. The number of rotatable bonds is 3. The summed E-state index contributed by atoms with van der Waals surface area (Å²) in [4.78, 5) is 24.0. The summed E-state index contributed by atoms with van der Waals surface area (Å²) in [5.74, 6) is 1.80. The van der Waals surface area contributed by atoms with Crippen LogP contribution in [-0.2, 0) is 17.7 Å². The third-order valence-electron chi connectivity index (χ3n) is 4.79. The molecule has 25 heavy (non-hydrogen) atoms. The molecule has 1 amide bonds. The van der Waals surface area contributed by atoms with Crippen LogP contribution in [0.5, 0.6) is 0 Å². The molecular formula is C18H23N5O2. The molecule has 4 rings (SSSR count). The predicted octanol–water partition coefficient (Wildman–Crippen LogP) is 1.17. The first kappa shape index (κ1) is 16.1. The summed E-state index contributed by atoms with van der Waals surface area (Å²) >= 11 is 0. The fourth-order valence-corrected chi connectivity index (χ4v) is 3.57. The molecule has 1 atom stereocenters. The maximum absolute atomic E-state index is 12.9. The summed E-state index contributed by atoms with van der Waals surface area (Å²) in [6.45, 7) is 5.64. The van der Waals surface area contributed by atoms with E-state index in [1.807, 2.05) is 19.1 Å². The van der Waals surface area contributed by atoms with Crippen molar-refractivity contribution in [3.63, 3.8) is 0 Å². The molecule has 2 aromatic rings. The first-order valence-corrected chi connectivity index (χ1v) is 8.82. The third-order valence-corrected chi connectivity index (χ3v) is 4.79. The Kier molecular flexibility index (Phi) is 4.40. The molecule has 0 unspecified atom stereocenters. The lowest BCUT2D eigenvalue weighted by atomic mass is 10.1. The van der Waals surface area contributed by atoms with E-state index in [9.17, 15) is 4.79 Å². The number of carbonyl (C=O) groups excluding carboxylic acids is 1. The minimum atomic E-state index is -0.0557. The third kappa shape index (κ3) is 3.37. The van der Waals surface area contributed by atoms with E-state index in [2.05, 4.69) is 30.9 Å². The van der Waals surface area contributed by atoms with Gasteiger partial charge < -0.3 is 19.5 Å². The van der Waals surface area contributed by atoms with Crippen LogP contribution in [0, 0.1) is 6.92 Å². The van der Waals surface area contributed by atoms with Gasteiger partial charge in [-0.2, -0.15) is 0 Å². The Morgan fingerprint density at radius 3 is 3.04 bits per heavy atom. The van der Waals surface area contributed by atoms with Crippen LogP contribution in [0.3, 0.4) is 0 Å². The van der Waals surface area contributed by atoms with Crippen molar-refractivity contribution in [2.24, 2.45) is 0 Å². The maximum atomic E-state index is 12.9. The number of amides is 1. The molecule has 2 aliphatic heterocycles. The zero-order valence-electron chi connectivity index (χ0n) is 14.4. The quantitative estimate of drug-likeness (QED) is 0.907. The molecule has 7 nitrogen and oxygen atoms in total. The Morgan fingerprint density at radius 2 is 2.20 bits per heavy atom. The molecule has 0 aliphatic carbocycles. The SMILES string of the molecule is Cc1cn2c(n1)CC[C@@H](NC(=O)c1cccnc1N1CCOCC1)C2. The monoisotopic (exact) mass is 341 g/mol. The lowest BCUT2D eigenvalue weighted by molar-refractivity contribution is 0.0925. The van der Waals surface area contributed by atoms with Crippen LogP contribution >= 0.6 is 0 Å². The van der Waals surface area contributed by atoms with Crippen molar-refractivity contribution in [3.05, 3.63) is 41.6 Å². The highest BCUT2D eigenvalue weighted by Crippen LogP contribution is 2.20. The predicted molar refractivity (Wildman–Crippen MR) is 93.8 cm³/mol. The Morgan fingerprint density at radius 1 is 1.36 bits per heavy atom. The van der Waals surface area contributed by atoms with Gasteiger partial charge in [0.25, 0.3) is 5.91 Å². The minimum absolute atomic E-state index is 0.0557. The van der Waals surface area contributed by atoms with Gasteiger partial charge in [0.2, 0.25) is 0 Å². The molecule has 0 bridgehead atoms. The van der Waals surface area contributed by atoms with Crippen molar-refractivity contribution < 1.29 is 9.53 Å². The molecule has 4 heterocycles. The van der Waals surface area contributed by atoms with E-state index >= 15 is 0 Å². The number of ether oxygens (including phenoxy) is 1. The van der Waals surface area contributed by atoms with Gasteiger partial charge in [-0.1, -0.05) is 0 Å². The Bertz CT molecular complexity index is 767. The number of aryl methyl sites for hydroxylation is 2. The second-order valence-corrected chi connectivity index (χ2v) is 6.63. The van der Waals surface area contributed by atoms with Crippen LogP contribution in [0.2, 0.25) is 0 Å². The number of fused-ring (bicyclic) bond motifs is 1. The Hall–Kier alpha value is -2.41. The van der Waals surface area contributed by atoms with Crippen LogP contribution in [0.4, 0.5) is 5.82 Å². The first-order valence-electron chi connectivity index (χ1n) is 8.82. The normalized spacial score (nSPS) is 20.2. The molecular weight excluding hydrogens is 318 g/mol. The van der Waals surface area contributed by atoms with E-state index in [0.29, 0.717) is 18.8 Å². The summed E-state index contributed by atoms with van der Waals surface area (Å²) in [5.41, 5.74) is 1.67. The van der Waals surface area contributed by atoms with Crippen LogP contribution in [-0.4, -0.2) is 52.8 Å². The number of aromatic nitrogens is 3. The number of nitrogens with zero attached hydrogens (tertiary/aromatic N) is 4. The van der Waals surface area contributed by atoms with E-state index in [1.165, 1.54) is 0 Å². The van der Waals surface area contributed by atoms with Gasteiger partial charge >= 0.3 is 0 Å². The van der Waals surface area contributed by atoms with E-state index in [-0.39, 0.29) is 11.9 Å². The second-order valence-electron chi connectivity index (χ2n) is 6.63. The van der Waals surface area contributed by atoms with Gasteiger partial charge in [0.1, 0.15) is 11.6 Å². The van der Waals surface area contributed by atoms with Crippen LogP contribution in [0.15, 0.2) is 24.5 Å². The van der Waals surface area contributed by atoms with Crippen LogP contribution in [0.25, 0.3) is 0 Å². The van der Waals surface area contributed by atoms with E-state index < -0.39 is 0 Å². The summed E-state index contributed by atoms with van der Waals surface area (Å²) in [5, 5.41) is 3.18. The number of imidazole rings is 1. The number of anilines is 1. The Balaban J connectivity index is 1.48. The average Bonchev–Trinajstić information content (AvgIpc) is 3.02. The molecule has 0 aromatic carbocycles. The van der Waals surface area contributed by atoms with Crippen LogP contribution in [0.1, 0.15) is 28.3 Å². The molecule has 132 valence electrons. The summed E-state index contributed by atoms with van der Waals surface area (Å²) < 4.78 is 7.55. The zero-order chi connectivity index (χ0) is 17.2. The zero-order valence-corrected chi connectivity index (χ0v) is 14.4.